The second kappa shape index (κ2) is 8.08. The highest BCUT2D eigenvalue weighted by Crippen LogP contribution is 2.44. The summed E-state index contributed by atoms with van der Waals surface area (Å²) in [6, 6.07) is 7.85. The Morgan fingerprint density at radius 3 is 2.48 bits per heavy atom. The molecular formula is C16H15Br2NO3S. The van der Waals surface area contributed by atoms with Crippen molar-refractivity contribution >= 4 is 60.1 Å². The van der Waals surface area contributed by atoms with Crippen LogP contribution in [-0.4, -0.2) is 23.8 Å². The number of hydrogen-bond acceptors (Lipinski definition) is 4. The van der Waals surface area contributed by atoms with Crippen LogP contribution in [0.15, 0.2) is 28.1 Å². The fraction of sp³-hybridized carbons (Fsp3) is 0.250. The number of carbonyl (C=O) groups is 2. The molecule has 1 aromatic carbocycles. The van der Waals surface area contributed by atoms with Crippen molar-refractivity contribution in [1.82, 2.24) is 0 Å². The number of benzene rings is 1. The van der Waals surface area contributed by atoms with Gasteiger partial charge in [-0.05, 0) is 35.3 Å². The maximum atomic E-state index is 12.4. The number of carbonyl (C=O) groups excluding carboxylic acids is 2. The van der Waals surface area contributed by atoms with E-state index in [9.17, 15) is 9.59 Å². The van der Waals surface area contributed by atoms with Crippen molar-refractivity contribution < 1.29 is 14.3 Å². The Kier molecular flexibility index (Phi) is 6.38. The highest BCUT2D eigenvalue weighted by atomic mass is 79.9. The number of rotatable bonds is 5. The van der Waals surface area contributed by atoms with Crippen LogP contribution in [0.3, 0.4) is 0 Å². The van der Waals surface area contributed by atoms with E-state index in [1.165, 1.54) is 11.3 Å². The number of ether oxygens (including phenoxy) is 1. The molecule has 0 atom stereocenters. The third kappa shape index (κ3) is 4.22. The summed E-state index contributed by atoms with van der Waals surface area (Å²) in [6.07, 6.45) is 0. The van der Waals surface area contributed by atoms with Crippen LogP contribution in [-0.2, 0) is 9.53 Å². The Balaban J connectivity index is 2.57. The van der Waals surface area contributed by atoms with Gasteiger partial charge in [0.15, 0.2) is 0 Å². The van der Waals surface area contributed by atoms with E-state index in [1.54, 1.807) is 6.92 Å². The molecule has 0 aliphatic carbocycles. The minimum Gasteiger partial charge on any atom is -0.462 e. The largest absolute Gasteiger partial charge is 0.462 e. The maximum Gasteiger partial charge on any atom is 0.341 e. The van der Waals surface area contributed by atoms with Gasteiger partial charge in [-0.2, -0.15) is 0 Å². The molecule has 0 fully saturated rings. The number of nitrogens with one attached hydrogen (secondary N) is 1. The lowest BCUT2D eigenvalue weighted by Crippen LogP contribution is -2.15. The molecule has 0 spiro atoms. The number of amides is 1. The van der Waals surface area contributed by atoms with E-state index < -0.39 is 5.97 Å². The Morgan fingerprint density at radius 1 is 1.26 bits per heavy atom. The zero-order valence-electron chi connectivity index (χ0n) is 12.6. The van der Waals surface area contributed by atoms with E-state index in [2.05, 4.69) is 37.2 Å². The van der Waals surface area contributed by atoms with Crippen LogP contribution in [0.4, 0.5) is 5.00 Å². The molecule has 1 heterocycles. The third-order valence-electron chi connectivity index (χ3n) is 3.06. The van der Waals surface area contributed by atoms with Crippen molar-refractivity contribution in [2.24, 2.45) is 0 Å². The van der Waals surface area contributed by atoms with Crippen molar-refractivity contribution in [2.45, 2.75) is 13.8 Å². The molecular weight excluding hydrogens is 446 g/mol. The third-order valence-corrected chi connectivity index (χ3v) is 5.34. The van der Waals surface area contributed by atoms with Crippen molar-refractivity contribution in [3.63, 3.8) is 0 Å². The predicted molar refractivity (Wildman–Crippen MR) is 101 cm³/mol. The lowest BCUT2D eigenvalue weighted by atomic mass is 10.0. The van der Waals surface area contributed by atoms with Crippen molar-refractivity contribution in [2.75, 3.05) is 17.3 Å². The molecule has 0 bridgehead atoms. The number of aryl methyl sites for hydroxylation is 1. The number of anilines is 1. The topological polar surface area (TPSA) is 55.4 Å². The smallest absolute Gasteiger partial charge is 0.341 e. The Labute approximate surface area is 155 Å². The second-order valence-electron chi connectivity index (χ2n) is 4.72. The number of alkyl halides is 1. The first-order valence-corrected chi connectivity index (χ1v) is 9.63. The lowest BCUT2D eigenvalue weighted by Gasteiger charge is -2.08. The summed E-state index contributed by atoms with van der Waals surface area (Å²) >= 11 is 7.91. The van der Waals surface area contributed by atoms with Gasteiger partial charge in [0, 0.05) is 5.56 Å². The molecule has 0 aliphatic rings. The SMILES string of the molecule is CCOC(=O)c1c(NC(=O)CBr)sc(Br)c1-c1ccc(C)cc1. The molecule has 0 radical (unpaired) electrons. The average Bonchev–Trinajstić information content (AvgIpc) is 2.84. The summed E-state index contributed by atoms with van der Waals surface area (Å²) in [7, 11) is 0. The average molecular weight is 461 g/mol. The normalized spacial score (nSPS) is 10.4. The molecule has 0 unspecified atom stereocenters. The number of esters is 1. The van der Waals surface area contributed by atoms with Crippen LogP contribution in [0.5, 0.6) is 0 Å². The van der Waals surface area contributed by atoms with Crippen molar-refractivity contribution in [3.05, 3.63) is 39.2 Å². The highest BCUT2D eigenvalue weighted by Gasteiger charge is 2.26. The van der Waals surface area contributed by atoms with E-state index in [4.69, 9.17) is 4.74 Å². The molecule has 0 saturated carbocycles. The molecule has 2 rings (SSSR count). The predicted octanol–water partition coefficient (Wildman–Crippen LogP) is 5.00. The minimum atomic E-state index is -0.449. The van der Waals surface area contributed by atoms with Crippen molar-refractivity contribution in [1.29, 1.82) is 0 Å². The van der Waals surface area contributed by atoms with Gasteiger partial charge >= 0.3 is 5.97 Å². The summed E-state index contributed by atoms with van der Waals surface area (Å²) in [5.74, 6) is -0.672. The first-order chi connectivity index (χ1) is 11.0. The fourth-order valence-electron chi connectivity index (χ4n) is 2.03. The van der Waals surface area contributed by atoms with Crippen LogP contribution in [0.25, 0.3) is 11.1 Å². The van der Waals surface area contributed by atoms with Gasteiger partial charge in [-0.25, -0.2) is 4.79 Å². The minimum absolute atomic E-state index is 0.157. The van der Waals surface area contributed by atoms with Gasteiger partial charge in [0.2, 0.25) is 5.91 Å². The van der Waals surface area contributed by atoms with Gasteiger partial charge in [0.05, 0.1) is 15.7 Å². The number of hydrogen-bond donors (Lipinski definition) is 1. The highest BCUT2D eigenvalue weighted by molar-refractivity contribution is 9.11. The first-order valence-electron chi connectivity index (χ1n) is 6.90. The molecule has 1 amide bonds. The summed E-state index contributed by atoms with van der Waals surface area (Å²) in [6.45, 7) is 4.02. The summed E-state index contributed by atoms with van der Waals surface area (Å²) < 4.78 is 5.94. The van der Waals surface area contributed by atoms with Gasteiger partial charge in [-0.1, -0.05) is 45.8 Å². The molecule has 4 nitrogen and oxygen atoms in total. The van der Waals surface area contributed by atoms with Crippen LogP contribution < -0.4 is 5.32 Å². The summed E-state index contributed by atoms with van der Waals surface area (Å²) in [4.78, 5) is 24.1. The van der Waals surface area contributed by atoms with E-state index in [0.717, 1.165) is 20.5 Å². The van der Waals surface area contributed by atoms with E-state index in [-0.39, 0.29) is 17.8 Å². The molecule has 2 aromatic rings. The monoisotopic (exact) mass is 459 g/mol. The molecule has 0 saturated heterocycles. The molecule has 1 N–H and O–H groups in total. The molecule has 23 heavy (non-hydrogen) atoms. The zero-order chi connectivity index (χ0) is 17.0. The van der Waals surface area contributed by atoms with Gasteiger partial charge in [-0.15, -0.1) is 11.3 Å². The van der Waals surface area contributed by atoms with Gasteiger partial charge in [0.25, 0.3) is 0 Å². The summed E-state index contributed by atoms with van der Waals surface area (Å²) in [5, 5.41) is 3.38. The van der Waals surface area contributed by atoms with E-state index in [1.807, 2.05) is 31.2 Å². The Bertz CT molecular complexity index is 726. The van der Waals surface area contributed by atoms with E-state index in [0.29, 0.717) is 10.6 Å². The number of halogens is 2. The summed E-state index contributed by atoms with van der Waals surface area (Å²) in [5.41, 5.74) is 3.13. The molecule has 0 aliphatic heterocycles. The van der Waals surface area contributed by atoms with Gasteiger partial charge in [-0.3, -0.25) is 4.79 Å². The lowest BCUT2D eigenvalue weighted by molar-refractivity contribution is -0.113. The standard InChI is InChI=1S/C16H15Br2NO3S/c1-3-22-16(21)13-12(10-6-4-9(2)5-7-10)14(18)23-15(13)19-11(20)8-17/h4-7H,3,8H2,1-2H3,(H,19,20). The molecule has 1 aromatic heterocycles. The van der Waals surface area contributed by atoms with E-state index >= 15 is 0 Å². The number of thiophene rings is 1. The second-order valence-corrected chi connectivity index (χ2v) is 7.62. The van der Waals surface area contributed by atoms with Crippen molar-refractivity contribution in [3.8, 4) is 11.1 Å². The van der Waals surface area contributed by atoms with Crippen LogP contribution >= 0.6 is 43.2 Å². The van der Waals surface area contributed by atoms with Gasteiger partial charge < -0.3 is 10.1 Å². The molecule has 7 heteroatoms. The Hall–Kier alpha value is -1.18. The first kappa shape index (κ1) is 18.2. The molecule has 122 valence electrons. The van der Waals surface area contributed by atoms with Gasteiger partial charge in [0.1, 0.15) is 10.6 Å². The maximum absolute atomic E-state index is 12.4. The van der Waals surface area contributed by atoms with Crippen LogP contribution in [0.1, 0.15) is 22.8 Å². The zero-order valence-corrected chi connectivity index (χ0v) is 16.6. The van der Waals surface area contributed by atoms with Crippen LogP contribution in [0, 0.1) is 6.92 Å². The Morgan fingerprint density at radius 2 is 1.91 bits per heavy atom. The quantitative estimate of drug-likeness (QED) is 0.504. The van der Waals surface area contributed by atoms with Crippen LogP contribution in [0.2, 0.25) is 0 Å². The fourth-order valence-corrected chi connectivity index (χ4v) is 4.03.